The monoisotopic (exact) mass is 318 g/mol. The summed E-state index contributed by atoms with van der Waals surface area (Å²) in [4.78, 5) is 12.8. The fourth-order valence-corrected chi connectivity index (χ4v) is 2.99. The van der Waals surface area contributed by atoms with E-state index in [1.807, 2.05) is 6.92 Å². The van der Waals surface area contributed by atoms with Gasteiger partial charge in [-0.2, -0.15) is 0 Å². The van der Waals surface area contributed by atoms with Gasteiger partial charge in [-0.15, -0.1) is 11.3 Å². The van der Waals surface area contributed by atoms with Crippen molar-refractivity contribution in [1.82, 2.24) is 5.32 Å². The summed E-state index contributed by atoms with van der Waals surface area (Å²) in [7, 11) is 0. The quantitative estimate of drug-likeness (QED) is 0.876. The maximum Gasteiger partial charge on any atom is 0.221 e. The van der Waals surface area contributed by atoms with Gasteiger partial charge in [-0.25, -0.2) is 0 Å². The lowest BCUT2D eigenvalue weighted by molar-refractivity contribution is -0.121. The first kappa shape index (κ1) is 14.7. The SMILES string of the molecule is CC(N)CC(=O)NCC(C)(C)c1cc(Br)cs1. The van der Waals surface area contributed by atoms with Crippen molar-refractivity contribution in [1.29, 1.82) is 0 Å². The largest absolute Gasteiger partial charge is 0.355 e. The number of halogens is 1. The molecule has 0 radical (unpaired) electrons. The van der Waals surface area contributed by atoms with Crippen LogP contribution in [0.3, 0.4) is 0 Å². The average molecular weight is 319 g/mol. The minimum atomic E-state index is -0.0889. The van der Waals surface area contributed by atoms with Crippen LogP contribution < -0.4 is 11.1 Å². The first-order chi connectivity index (χ1) is 7.81. The number of hydrogen-bond acceptors (Lipinski definition) is 3. The molecule has 0 fully saturated rings. The summed E-state index contributed by atoms with van der Waals surface area (Å²) in [5, 5.41) is 4.99. The zero-order valence-corrected chi connectivity index (χ0v) is 12.8. The molecule has 17 heavy (non-hydrogen) atoms. The van der Waals surface area contributed by atoms with Gasteiger partial charge >= 0.3 is 0 Å². The Kier molecular flexibility index (Phi) is 5.16. The third-order valence-electron chi connectivity index (χ3n) is 2.47. The summed E-state index contributed by atoms with van der Waals surface area (Å²) in [5.74, 6) is 0.0173. The molecule has 96 valence electrons. The fourth-order valence-electron chi connectivity index (χ4n) is 1.44. The first-order valence-electron chi connectivity index (χ1n) is 5.58. The predicted octanol–water partition coefficient (Wildman–Crippen LogP) is 2.64. The van der Waals surface area contributed by atoms with Crippen LogP contribution in [0, 0.1) is 0 Å². The Morgan fingerprint density at radius 1 is 1.65 bits per heavy atom. The van der Waals surface area contributed by atoms with Crippen LogP contribution in [0.25, 0.3) is 0 Å². The predicted molar refractivity (Wildman–Crippen MR) is 76.3 cm³/mol. The van der Waals surface area contributed by atoms with Crippen molar-refractivity contribution in [2.24, 2.45) is 5.73 Å². The third kappa shape index (κ3) is 4.77. The molecule has 0 saturated heterocycles. The summed E-state index contributed by atoms with van der Waals surface area (Å²) < 4.78 is 1.09. The summed E-state index contributed by atoms with van der Waals surface area (Å²) in [6.45, 7) is 6.71. The topological polar surface area (TPSA) is 55.1 Å². The van der Waals surface area contributed by atoms with E-state index in [0.717, 1.165) is 4.47 Å². The molecule has 0 aliphatic heterocycles. The van der Waals surface area contributed by atoms with E-state index in [4.69, 9.17) is 5.73 Å². The summed E-state index contributed by atoms with van der Waals surface area (Å²) in [6.07, 6.45) is 0.379. The Hall–Kier alpha value is -0.390. The van der Waals surface area contributed by atoms with Crippen molar-refractivity contribution >= 4 is 33.2 Å². The van der Waals surface area contributed by atoms with Gasteiger partial charge in [-0.3, -0.25) is 4.79 Å². The summed E-state index contributed by atoms with van der Waals surface area (Å²) in [5.41, 5.74) is 5.53. The maximum atomic E-state index is 11.5. The van der Waals surface area contributed by atoms with Crippen LogP contribution in [-0.2, 0) is 10.2 Å². The van der Waals surface area contributed by atoms with Gasteiger partial charge in [-0.05, 0) is 28.9 Å². The number of nitrogens with one attached hydrogen (secondary N) is 1. The van der Waals surface area contributed by atoms with Gasteiger partial charge in [0.15, 0.2) is 0 Å². The van der Waals surface area contributed by atoms with E-state index in [-0.39, 0.29) is 17.4 Å². The van der Waals surface area contributed by atoms with E-state index in [9.17, 15) is 4.79 Å². The maximum absolute atomic E-state index is 11.5. The highest BCUT2D eigenvalue weighted by molar-refractivity contribution is 9.10. The molecule has 1 heterocycles. The summed E-state index contributed by atoms with van der Waals surface area (Å²) >= 11 is 5.14. The second-order valence-electron chi connectivity index (χ2n) is 4.97. The fraction of sp³-hybridized carbons (Fsp3) is 0.583. The zero-order valence-electron chi connectivity index (χ0n) is 10.4. The van der Waals surface area contributed by atoms with Crippen LogP contribution in [0.2, 0.25) is 0 Å². The summed E-state index contributed by atoms with van der Waals surface area (Å²) in [6, 6.07) is 2.01. The van der Waals surface area contributed by atoms with E-state index < -0.39 is 0 Å². The van der Waals surface area contributed by atoms with Gasteiger partial charge in [0.25, 0.3) is 0 Å². The number of carbonyl (C=O) groups excluding carboxylic acids is 1. The Morgan fingerprint density at radius 2 is 2.29 bits per heavy atom. The van der Waals surface area contributed by atoms with Crippen molar-refractivity contribution in [3.63, 3.8) is 0 Å². The van der Waals surface area contributed by atoms with Crippen LogP contribution >= 0.6 is 27.3 Å². The van der Waals surface area contributed by atoms with Gasteiger partial charge in [0, 0.05) is 39.2 Å². The average Bonchev–Trinajstić information content (AvgIpc) is 2.62. The zero-order chi connectivity index (χ0) is 13.1. The van der Waals surface area contributed by atoms with Crippen molar-refractivity contribution in [2.45, 2.75) is 38.6 Å². The minimum absolute atomic E-state index is 0.0173. The number of hydrogen-bond donors (Lipinski definition) is 2. The highest BCUT2D eigenvalue weighted by atomic mass is 79.9. The van der Waals surface area contributed by atoms with Crippen molar-refractivity contribution < 1.29 is 4.79 Å². The minimum Gasteiger partial charge on any atom is -0.355 e. The van der Waals surface area contributed by atoms with Gasteiger partial charge in [0.05, 0.1) is 0 Å². The standard InChI is InChI=1S/C12H19BrN2OS/c1-8(14)4-11(16)15-7-12(2,3)10-5-9(13)6-17-10/h5-6,8H,4,7,14H2,1-3H3,(H,15,16). The molecule has 1 aromatic rings. The molecule has 1 amide bonds. The number of carbonyl (C=O) groups is 1. The lowest BCUT2D eigenvalue weighted by Gasteiger charge is -2.23. The molecule has 3 N–H and O–H groups in total. The lowest BCUT2D eigenvalue weighted by atomic mass is 9.91. The second-order valence-corrected chi connectivity index (χ2v) is 6.80. The van der Waals surface area contributed by atoms with Crippen molar-refractivity contribution in [3.8, 4) is 0 Å². The molecular formula is C12H19BrN2OS. The number of rotatable bonds is 5. The van der Waals surface area contributed by atoms with Gasteiger partial charge in [0.1, 0.15) is 0 Å². The molecule has 1 aromatic heterocycles. The second kappa shape index (κ2) is 5.98. The van der Waals surface area contributed by atoms with Crippen LogP contribution in [-0.4, -0.2) is 18.5 Å². The Bertz CT molecular complexity index is 388. The molecule has 0 aliphatic rings. The number of amides is 1. The third-order valence-corrected chi connectivity index (χ3v) is 4.53. The van der Waals surface area contributed by atoms with E-state index in [0.29, 0.717) is 13.0 Å². The number of thiophene rings is 1. The molecule has 0 aliphatic carbocycles. The van der Waals surface area contributed by atoms with Gasteiger partial charge < -0.3 is 11.1 Å². The molecule has 1 rings (SSSR count). The molecule has 0 bridgehead atoms. The van der Waals surface area contributed by atoms with Crippen LogP contribution in [0.4, 0.5) is 0 Å². The van der Waals surface area contributed by atoms with Crippen molar-refractivity contribution in [2.75, 3.05) is 6.54 Å². The molecule has 5 heteroatoms. The number of nitrogens with two attached hydrogens (primary N) is 1. The normalized spacial score (nSPS) is 13.5. The highest BCUT2D eigenvalue weighted by Crippen LogP contribution is 2.30. The first-order valence-corrected chi connectivity index (χ1v) is 7.25. The molecule has 0 spiro atoms. The highest BCUT2D eigenvalue weighted by Gasteiger charge is 2.23. The Morgan fingerprint density at radius 3 is 2.76 bits per heavy atom. The smallest absolute Gasteiger partial charge is 0.221 e. The van der Waals surface area contributed by atoms with Gasteiger partial charge in [-0.1, -0.05) is 13.8 Å². The Balaban J connectivity index is 2.53. The molecule has 3 nitrogen and oxygen atoms in total. The molecule has 0 saturated carbocycles. The Labute approximate surface area is 115 Å². The molecular weight excluding hydrogens is 300 g/mol. The van der Waals surface area contributed by atoms with Crippen molar-refractivity contribution in [3.05, 3.63) is 20.8 Å². The molecule has 0 aromatic carbocycles. The molecule has 1 atom stereocenters. The van der Waals surface area contributed by atoms with Crippen LogP contribution in [0.15, 0.2) is 15.9 Å². The van der Waals surface area contributed by atoms with E-state index in [1.165, 1.54) is 4.88 Å². The van der Waals surface area contributed by atoms with Gasteiger partial charge in [0.2, 0.25) is 5.91 Å². The van der Waals surface area contributed by atoms with Crippen LogP contribution in [0.5, 0.6) is 0 Å². The van der Waals surface area contributed by atoms with Crippen LogP contribution in [0.1, 0.15) is 32.1 Å². The van der Waals surface area contributed by atoms with E-state index >= 15 is 0 Å². The molecule has 1 unspecified atom stereocenters. The lowest BCUT2D eigenvalue weighted by Crippen LogP contribution is -2.38. The van der Waals surface area contributed by atoms with E-state index in [2.05, 4.69) is 46.5 Å². The van der Waals surface area contributed by atoms with E-state index in [1.54, 1.807) is 11.3 Å².